The van der Waals surface area contributed by atoms with E-state index in [-0.39, 0.29) is 0 Å². The van der Waals surface area contributed by atoms with Crippen LogP contribution in [0.1, 0.15) is 13.8 Å². The fourth-order valence-corrected chi connectivity index (χ4v) is 3.07. The summed E-state index contributed by atoms with van der Waals surface area (Å²) in [5.41, 5.74) is 4.41. The SMILES string of the molecule is CC.COc1nn2cc(-c3ccc(-c4ccccc4)cc3)nc2s1. The van der Waals surface area contributed by atoms with E-state index >= 15 is 0 Å². The van der Waals surface area contributed by atoms with Gasteiger partial charge in [-0.2, -0.15) is 0 Å². The minimum atomic E-state index is 0.619. The van der Waals surface area contributed by atoms with Crippen molar-refractivity contribution in [2.45, 2.75) is 13.8 Å². The van der Waals surface area contributed by atoms with E-state index in [1.807, 2.05) is 38.2 Å². The molecular formula is C19H19N3OS. The maximum absolute atomic E-state index is 5.11. The molecule has 0 atom stereocenters. The third kappa shape index (κ3) is 3.16. The molecule has 0 amide bonds. The number of hydrogen-bond acceptors (Lipinski definition) is 4. The highest BCUT2D eigenvalue weighted by Gasteiger charge is 2.09. The van der Waals surface area contributed by atoms with Gasteiger partial charge in [-0.3, -0.25) is 0 Å². The highest BCUT2D eigenvalue weighted by Crippen LogP contribution is 2.27. The van der Waals surface area contributed by atoms with Crippen molar-refractivity contribution < 1.29 is 4.74 Å². The van der Waals surface area contributed by atoms with Gasteiger partial charge in [-0.25, -0.2) is 9.50 Å². The topological polar surface area (TPSA) is 39.4 Å². The Balaban J connectivity index is 0.000000815. The molecule has 0 saturated heterocycles. The van der Waals surface area contributed by atoms with Crippen molar-refractivity contribution in [3.05, 3.63) is 60.8 Å². The van der Waals surface area contributed by atoms with Gasteiger partial charge in [0.15, 0.2) is 0 Å². The normalized spacial score (nSPS) is 10.3. The molecule has 0 bridgehead atoms. The van der Waals surface area contributed by atoms with Gasteiger partial charge in [0, 0.05) is 5.56 Å². The van der Waals surface area contributed by atoms with Crippen LogP contribution in [0.3, 0.4) is 0 Å². The maximum Gasteiger partial charge on any atom is 0.294 e. The van der Waals surface area contributed by atoms with Gasteiger partial charge in [0.1, 0.15) is 0 Å². The number of methoxy groups -OCH3 is 1. The molecule has 122 valence electrons. The Bertz CT molecular complexity index is 879. The molecule has 0 aliphatic heterocycles. The van der Waals surface area contributed by atoms with Gasteiger partial charge in [0.2, 0.25) is 4.96 Å². The second kappa shape index (κ2) is 7.27. The third-order valence-corrected chi connectivity index (χ3v) is 4.37. The number of imidazole rings is 1. The average molecular weight is 337 g/mol. The van der Waals surface area contributed by atoms with Crippen LogP contribution in [0.25, 0.3) is 27.3 Å². The predicted octanol–water partition coefficient (Wildman–Crippen LogP) is 5.16. The molecular weight excluding hydrogens is 318 g/mol. The van der Waals surface area contributed by atoms with E-state index < -0.39 is 0 Å². The van der Waals surface area contributed by atoms with Crippen molar-refractivity contribution in [3.63, 3.8) is 0 Å². The van der Waals surface area contributed by atoms with Crippen molar-refractivity contribution in [3.8, 4) is 27.6 Å². The molecule has 0 aliphatic rings. The van der Waals surface area contributed by atoms with E-state index in [2.05, 4.69) is 46.5 Å². The molecule has 0 fully saturated rings. The first-order valence-electron chi connectivity index (χ1n) is 7.89. The van der Waals surface area contributed by atoms with Crippen LogP contribution in [-0.2, 0) is 0 Å². The highest BCUT2D eigenvalue weighted by atomic mass is 32.1. The summed E-state index contributed by atoms with van der Waals surface area (Å²) >= 11 is 1.43. The first-order chi connectivity index (χ1) is 11.8. The standard InChI is InChI=1S/C17H13N3OS.C2H6/c1-21-17-19-20-11-15(18-16(20)22-17)14-9-7-13(8-10-14)12-5-3-2-4-6-12;1-2/h2-11H,1H3;1-2H3. The minimum Gasteiger partial charge on any atom is -0.472 e. The van der Waals surface area contributed by atoms with E-state index in [9.17, 15) is 0 Å². The zero-order valence-corrected chi connectivity index (χ0v) is 14.7. The van der Waals surface area contributed by atoms with Gasteiger partial charge in [0.25, 0.3) is 5.19 Å². The first kappa shape index (κ1) is 16.2. The summed E-state index contributed by atoms with van der Waals surface area (Å²) in [6, 6.07) is 18.8. The summed E-state index contributed by atoms with van der Waals surface area (Å²) < 4.78 is 6.87. The van der Waals surface area contributed by atoms with Gasteiger partial charge in [-0.05, 0) is 22.5 Å². The number of hydrogen-bond donors (Lipinski definition) is 0. The Morgan fingerprint density at radius 3 is 2.12 bits per heavy atom. The van der Waals surface area contributed by atoms with Crippen LogP contribution in [0.4, 0.5) is 0 Å². The molecule has 4 aromatic rings. The van der Waals surface area contributed by atoms with E-state index in [0.717, 1.165) is 16.2 Å². The Labute approximate surface area is 145 Å². The van der Waals surface area contributed by atoms with Crippen molar-refractivity contribution in [1.29, 1.82) is 0 Å². The summed E-state index contributed by atoms with van der Waals surface area (Å²) in [6.07, 6.45) is 1.92. The summed E-state index contributed by atoms with van der Waals surface area (Å²) in [4.78, 5) is 5.43. The van der Waals surface area contributed by atoms with Crippen molar-refractivity contribution >= 4 is 16.3 Å². The molecule has 4 rings (SSSR count). The number of benzene rings is 2. The van der Waals surface area contributed by atoms with Crippen LogP contribution in [0.15, 0.2) is 60.8 Å². The van der Waals surface area contributed by atoms with E-state index in [1.54, 1.807) is 11.6 Å². The smallest absolute Gasteiger partial charge is 0.294 e. The molecule has 2 heterocycles. The van der Waals surface area contributed by atoms with Crippen LogP contribution >= 0.6 is 11.3 Å². The molecule has 0 N–H and O–H groups in total. The molecule has 2 aromatic heterocycles. The van der Waals surface area contributed by atoms with Crippen LogP contribution in [-0.4, -0.2) is 21.7 Å². The molecule has 0 unspecified atom stereocenters. The zero-order chi connectivity index (χ0) is 16.9. The van der Waals surface area contributed by atoms with Gasteiger partial charge >= 0.3 is 0 Å². The fourth-order valence-electron chi connectivity index (χ4n) is 2.37. The lowest BCUT2D eigenvalue weighted by Crippen LogP contribution is -1.84. The summed E-state index contributed by atoms with van der Waals surface area (Å²) in [7, 11) is 1.61. The number of rotatable bonds is 3. The van der Waals surface area contributed by atoms with Gasteiger partial charge < -0.3 is 4.74 Å². The first-order valence-corrected chi connectivity index (χ1v) is 8.71. The van der Waals surface area contributed by atoms with E-state index in [1.165, 1.54) is 22.5 Å². The van der Waals surface area contributed by atoms with Gasteiger partial charge in [-0.15, -0.1) is 5.10 Å². The molecule has 0 radical (unpaired) electrons. The van der Waals surface area contributed by atoms with Crippen molar-refractivity contribution in [2.24, 2.45) is 0 Å². The molecule has 4 nitrogen and oxygen atoms in total. The number of ether oxygens (including phenoxy) is 1. The quantitative estimate of drug-likeness (QED) is 0.518. The Morgan fingerprint density at radius 1 is 0.875 bits per heavy atom. The number of aromatic nitrogens is 3. The molecule has 0 spiro atoms. The van der Waals surface area contributed by atoms with Crippen LogP contribution in [0.5, 0.6) is 5.19 Å². The fraction of sp³-hybridized carbons (Fsp3) is 0.158. The van der Waals surface area contributed by atoms with Gasteiger partial charge in [-0.1, -0.05) is 68.4 Å². The van der Waals surface area contributed by atoms with Crippen LogP contribution < -0.4 is 4.74 Å². The molecule has 24 heavy (non-hydrogen) atoms. The van der Waals surface area contributed by atoms with Crippen molar-refractivity contribution in [1.82, 2.24) is 14.6 Å². The molecule has 5 heteroatoms. The van der Waals surface area contributed by atoms with Crippen LogP contribution in [0, 0.1) is 0 Å². The van der Waals surface area contributed by atoms with Crippen molar-refractivity contribution in [2.75, 3.05) is 7.11 Å². The lowest BCUT2D eigenvalue weighted by Gasteiger charge is -2.02. The number of nitrogens with zero attached hydrogens (tertiary/aromatic N) is 3. The van der Waals surface area contributed by atoms with E-state index in [4.69, 9.17) is 4.74 Å². The lowest BCUT2D eigenvalue weighted by molar-refractivity contribution is 0.405. The lowest BCUT2D eigenvalue weighted by atomic mass is 10.0. The predicted molar refractivity (Wildman–Crippen MR) is 99.6 cm³/mol. The number of fused-ring (bicyclic) bond motifs is 1. The summed E-state index contributed by atoms with van der Waals surface area (Å²) in [5, 5.41) is 4.91. The maximum atomic E-state index is 5.11. The second-order valence-electron chi connectivity index (χ2n) is 4.87. The summed E-state index contributed by atoms with van der Waals surface area (Å²) in [6.45, 7) is 4.00. The monoisotopic (exact) mass is 337 g/mol. The summed E-state index contributed by atoms with van der Waals surface area (Å²) in [5.74, 6) is 0. The minimum absolute atomic E-state index is 0.619. The Hall–Kier alpha value is -2.66. The highest BCUT2D eigenvalue weighted by molar-refractivity contribution is 7.18. The molecule has 0 aliphatic carbocycles. The zero-order valence-electron chi connectivity index (χ0n) is 13.9. The van der Waals surface area contributed by atoms with Crippen LogP contribution in [0.2, 0.25) is 0 Å². The third-order valence-electron chi connectivity index (χ3n) is 3.49. The van der Waals surface area contributed by atoms with Gasteiger partial charge in [0.05, 0.1) is 19.0 Å². The average Bonchev–Trinajstić information content (AvgIpc) is 3.23. The molecule has 0 saturated carbocycles. The van der Waals surface area contributed by atoms with E-state index in [0.29, 0.717) is 5.19 Å². The Kier molecular flexibility index (Phi) is 4.91. The molecule has 2 aromatic carbocycles. The second-order valence-corrected chi connectivity index (χ2v) is 5.79. The largest absolute Gasteiger partial charge is 0.472 e. The Morgan fingerprint density at radius 2 is 1.50 bits per heavy atom.